The number of hydrogen-bond acceptors (Lipinski definition) is 7. The summed E-state index contributed by atoms with van der Waals surface area (Å²) in [6.07, 6.45) is 3.20. The molecule has 150 valence electrons. The van der Waals surface area contributed by atoms with E-state index in [0.29, 0.717) is 25.1 Å². The van der Waals surface area contributed by atoms with Gasteiger partial charge in [0.2, 0.25) is 17.7 Å². The van der Waals surface area contributed by atoms with E-state index >= 15 is 0 Å². The van der Waals surface area contributed by atoms with Crippen LogP contribution >= 0.6 is 11.8 Å². The number of hydrogen-bond donors (Lipinski definition) is 6. The second kappa shape index (κ2) is 13.4. The Labute approximate surface area is 157 Å². The summed E-state index contributed by atoms with van der Waals surface area (Å²) in [4.78, 5) is 46.6. The first-order chi connectivity index (χ1) is 12.2. The van der Waals surface area contributed by atoms with E-state index in [1.54, 1.807) is 0 Å². The fourth-order valence-corrected chi connectivity index (χ4v) is 2.59. The van der Waals surface area contributed by atoms with Gasteiger partial charge in [-0.25, -0.2) is 4.79 Å². The lowest BCUT2D eigenvalue weighted by atomic mass is 10.1. The number of nitrogens with one attached hydrogen (secondary N) is 2. The molecule has 0 unspecified atom stereocenters. The highest BCUT2D eigenvalue weighted by Gasteiger charge is 2.27. The van der Waals surface area contributed by atoms with Crippen LogP contribution in [0, 0.1) is 0 Å². The highest BCUT2D eigenvalue weighted by atomic mass is 32.2. The molecule has 0 aliphatic rings. The molecule has 0 bridgehead atoms. The van der Waals surface area contributed by atoms with Crippen LogP contribution in [0.15, 0.2) is 0 Å². The summed E-state index contributed by atoms with van der Waals surface area (Å²) < 4.78 is 0. The van der Waals surface area contributed by atoms with Gasteiger partial charge >= 0.3 is 5.97 Å². The van der Waals surface area contributed by atoms with E-state index in [4.69, 9.17) is 17.2 Å². The van der Waals surface area contributed by atoms with E-state index in [2.05, 4.69) is 10.6 Å². The molecule has 11 heteroatoms. The number of rotatable bonds is 14. The van der Waals surface area contributed by atoms with Crippen LogP contribution in [0.4, 0.5) is 0 Å². The SMILES string of the molecule is CSCC[C@H](NC(=O)[C@H](CCCCN)NC(=O)[C@@H](N)CC(N)=O)C(=O)O. The van der Waals surface area contributed by atoms with Gasteiger partial charge in [0.05, 0.1) is 12.5 Å². The number of carbonyl (C=O) groups excluding carboxylic acids is 3. The molecular weight excluding hydrogens is 362 g/mol. The Morgan fingerprint density at radius 2 is 1.65 bits per heavy atom. The van der Waals surface area contributed by atoms with Crippen LogP contribution < -0.4 is 27.8 Å². The average Bonchev–Trinajstić information content (AvgIpc) is 2.56. The van der Waals surface area contributed by atoms with Gasteiger partial charge in [0.15, 0.2) is 0 Å². The van der Waals surface area contributed by atoms with Gasteiger partial charge in [-0.15, -0.1) is 0 Å². The molecule has 9 N–H and O–H groups in total. The lowest BCUT2D eigenvalue weighted by molar-refractivity contribution is -0.142. The van der Waals surface area contributed by atoms with Crippen LogP contribution in [0.3, 0.4) is 0 Å². The Hall–Kier alpha value is -1.85. The third kappa shape index (κ3) is 10.2. The van der Waals surface area contributed by atoms with E-state index in [1.165, 1.54) is 11.8 Å². The molecule has 0 aromatic heterocycles. The van der Waals surface area contributed by atoms with Crippen molar-refractivity contribution in [3.05, 3.63) is 0 Å². The Kier molecular flexibility index (Phi) is 12.4. The maximum Gasteiger partial charge on any atom is 0.326 e. The predicted molar refractivity (Wildman–Crippen MR) is 99.2 cm³/mol. The van der Waals surface area contributed by atoms with Crippen molar-refractivity contribution in [3.8, 4) is 0 Å². The van der Waals surface area contributed by atoms with Crippen LogP contribution in [0.5, 0.6) is 0 Å². The Morgan fingerprint density at radius 1 is 1.04 bits per heavy atom. The number of thioether (sulfide) groups is 1. The molecule has 0 aliphatic heterocycles. The van der Waals surface area contributed by atoms with E-state index in [9.17, 15) is 24.3 Å². The van der Waals surface area contributed by atoms with E-state index in [0.717, 1.165) is 0 Å². The largest absolute Gasteiger partial charge is 0.480 e. The fourth-order valence-electron chi connectivity index (χ4n) is 2.12. The van der Waals surface area contributed by atoms with Crippen LogP contribution in [0.2, 0.25) is 0 Å². The minimum Gasteiger partial charge on any atom is -0.480 e. The van der Waals surface area contributed by atoms with Crippen molar-refractivity contribution < 1.29 is 24.3 Å². The van der Waals surface area contributed by atoms with E-state index < -0.39 is 41.8 Å². The monoisotopic (exact) mass is 391 g/mol. The third-order valence-corrected chi connectivity index (χ3v) is 4.21. The molecule has 0 saturated carbocycles. The number of carboxylic acid groups (broad SMARTS) is 1. The van der Waals surface area contributed by atoms with Gasteiger partial charge in [0.25, 0.3) is 0 Å². The fraction of sp³-hybridized carbons (Fsp3) is 0.733. The standard InChI is InChI=1S/C15H29N5O5S/c1-26-7-5-11(15(24)25)20-14(23)10(4-2-3-6-16)19-13(22)9(17)8-12(18)21/h9-11H,2-8,16-17H2,1H3,(H2,18,21)(H,19,22)(H,20,23)(H,24,25)/t9-,10-,11-/m0/s1. The zero-order chi connectivity index (χ0) is 20.1. The molecule has 0 aliphatic carbocycles. The first-order valence-electron chi connectivity index (χ1n) is 8.29. The van der Waals surface area contributed by atoms with E-state index in [-0.39, 0.29) is 19.3 Å². The molecule has 0 saturated heterocycles. The van der Waals surface area contributed by atoms with Crippen LogP contribution in [0.25, 0.3) is 0 Å². The molecular formula is C15H29N5O5S. The predicted octanol–water partition coefficient (Wildman–Crippen LogP) is -1.87. The topological polar surface area (TPSA) is 191 Å². The van der Waals surface area contributed by atoms with Gasteiger partial charge in [-0.05, 0) is 44.2 Å². The number of aliphatic carboxylic acids is 1. The number of primary amides is 1. The summed E-state index contributed by atoms with van der Waals surface area (Å²) >= 11 is 1.46. The zero-order valence-electron chi connectivity index (χ0n) is 14.9. The van der Waals surface area contributed by atoms with Gasteiger partial charge in [0, 0.05) is 0 Å². The van der Waals surface area contributed by atoms with Gasteiger partial charge < -0.3 is 32.9 Å². The number of carbonyl (C=O) groups is 4. The summed E-state index contributed by atoms with van der Waals surface area (Å²) in [7, 11) is 0. The zero-order valence-corrected chi connectivity index (χ0v) is 15.7. The van der Waals surface area contributed by atoms with Crippen LogP contribution in [-0.2, 0) is 19.2 Å². The maximum absolute atomic E-state index is 12.4. The molecule has 0 rings (SSSR count). The smallest absolute Gasteiger partial charge is 0.326 e. The summed E-state index contributed by atoms with van der Waals surface area (Å²) in [6.45, 7) is 0.426. The first kappa shape index (κ1) is 24.1. The van der Waals surface area contributed by atoms with Crippen molar-refractivity contribution in [2.24, 2.45) is 17.2 Å². The number of carboxylic acids is 1. The number of nitrogens with two attached hydrogens (primary N) is 3. The number of amides is 3. The second-order valence-corrected chi connectivity index (χ2v) is 6.79. The van der Waals surface area contributed by atoms with Crippen molar-refractivity contribution in [1.29, 1.82) is 0 Å². The van der Waals surface area contributed by atoms with E-state index in [1.807, 2.05) is 6.26 Å². The van der Waals surface area contributed by atoms with Crippen molar-refractivity contribution in [2.45, 2.75) is 50.2 Å². The highest BCUT2D eigenvalue weighted by Crippen LogP contribution is 2.05. The first-order valence-corrected chi connectivity index (χ1v) is 9.68. The van der Waals surface area contributed by atoms with Gasteiger partial charge in [0.1, 0.15) is 12.1 Å². The van der Waals surface area contributed by atoms with Gasteiger partial charge in [-0.2, -0.15) is 11.8 Å². The lowest BCUT2D eigenvalue weighted by Crippen LogP contribution is -2.55. The highest BCUT2D eigenvalue weighted by molar-refractivity contribution is 7.98. The Balaban J connectivity index is 4.96. The third-order valence-electron chi connectivity index (χ3n) is 3.56. The second-order valence-electron chi connectivity index (χ2n) is 5.80. The molecule has 0 fully saturated rings. The molecule has 0 aromatic rings. The minimum absolute atomic E-state index is 0.257. The van der Waals surface area contributed by atoms with Crippen molar-refractivity contribution >= 4 is 35.5 Å². The Morgan fingerprint density at radius 3 is 2.15 bits per heavy atom. The molecule has 0 spiro atoms. The summed E-state index contributed by atoms with van der Waals surface area (Å²) in [6, 6.07) is -3.20. The van der Waals surface area contributed by atoms with Gasteiger partial charge in [-0.1, -0.05) is 0 Å². The van der Waals surface area contributed by atoms with Crippen LogP contribution in [0.1, 0.15) is 32.1 Å². The molecule has 0 heterocycles. The Bertz CT molecular complexity index is 491. The minimum atomic E-state index is -1.18. The number of unbranched alkanes of at least 4 members (excludes halogenated alkanes) is 1. The van der Waals surface area contributed by atoms with Gasteiger partial charge in [-0.3, -0.25) is 14.4 Å². The van der Waals surface area contributed by atoms with Crippen molar-refractivity contribution in [1.82, 2.24) is 10.6 Å². The molecule has 0 radical (unpaired) electrons. The molecule has 10 nitrogen and oxygen atoms in total. The summed E-state index contributed by atoms with van der Waals surface area (Å²) in [5, 5.41) is 14.1. The van der Waals surface area contributed by atoms with Crippen LogP contribution in [-0.4, -0.2) is 65.5 Å². The molecule has 0 aromatic carbocycles. The lowest BCUT2D eigenvalue weighted by Gasteiger charge is -2.22. The summed E-state index contributed by atoms with van der Waals surface area (Å²) in [5.74, 6) is -2.64. The quantitative estimate of drug-likeness (QED) is 0.185. The molecule has 3 amide bonds. The molecule has 26 heavy (non-hydrogen) atoms. The molecule has 3 atom stereocenters. The normalized spacial score (nSPS) is 14.1. The average molecular weight is 391 g/mol. The summed E-state index contributed by atoms with van der Waals surface area (Å²) in [5.41, 5.74) is 16.0. The van der Waals surface area contributed by atoms with Crippen molar-refractivity contribution in [3.63, 3.8) is 0 Å². The maximum atomic E-state index is 12.4. The van der Waals surface area contributed by atoms with Crippen molar-refractivity contribution in [2.75, 3.05) is 18.6 Å².